The van der Waals surface area contributed by atoms with Crippen LogP contribution < -0.4 is 0 Å². The lowest BCUT2D eigenvalue weighted by molar-refractivity contribution is -0.121. The summed E-state index contributed by atoms with van der Waals surface area (Å²) in [7, 11) is 0. The van der Waals surface area contributed by atoms with Crippen molar-refractivity contribution in [1.29, 1.82) is 0 Å². The number of hydrogen-bond acceptors (Lipinski definition) is 5. The average molecular weight is 354 g/mol. The highest BCUT2D eigenvalue weighted by molar-refractivity contribution is 5.79. The van der Waals surface area contributed by atoms with Crippen LogP contribution in [0.1, 0.15) is 43.1 Å². The fraction of sp³-hybridized carbons (Fsp3) is 0.550. The minimum absolute atomic E-state index is 0.132. The zero-order chi connectivity index (χ0) is 17.8. The second-order valence-corrected chi connectivity index (χ2v) is 7.33. The molecule has 1 aliphatic heterocycles. The molecule has 0 bridgehead atoms. The maximum atomic E-state index is 11.5. The van der Waals surface area contributed by atoms with Crippen molar-refractivity contribution in [3.63, 3.8) is 0 Å². The first-order chi connectivity index (χ1) is 12.8. The molecule has 2 fully saturated rings. The van der Waals surface area contributed by atoms with Crippen molar-refractivity contribution in [1.82, 2.24) is 19.7 Å². The van der Waals surface area contributed by atoms with Gasteiger partial charge in [0.1, 0.15) is 17.9 Å². The lowest BCUT2D eigenvalue weighted by atomic mass is 9.87. The first kappa shape index (κ1) is 17.4. The third-order valence-electron chi connectivity index (χ3n) is 5.51. The van der Waals surface area contributed by atoms with Gasteiger partial charge >= 0.3 is 0 Å². The van der Waals surface area contributed by atoms with Gasteiger partial charge < -0.3 is 4.74 Å². The van der Waals surface area contributed by atoms with E-state index in [1.807, 2.05) is 22.9 Å². The van der Waals surface area contributed by atoms with E-state index in [4.69, 9.17) is 4.74 Å². The van der Waals surface area contributed by atoms with Crippen LogP contribution >= 0.6 is 0 Å². The van der Waals surface area contributed by atoms with Crippen molar-refractivity contribution in [3.8, 4) is 0 Å². The molecular weight excluding hydrogens is 328 g/mol. The second kappa shape index (κ2) is 8.10. The van der Waals surface area contributed by atoms with E-state index in [0.29, 0.717) is 18.3 Å². The molecule has 1 saturated heterocycles. The summed E-state index contributed by atoms with van der Waals surface area (Å²) in [5.41, 5.74) is 1.22. The Morgan fingerprint density at radius 2 is 1.96 bits per heavy atom. The molecule has 1 unspecified atom stereocenters. The molecule has 4 rings (SSSR count). The number of carbonyl (C=O) groups is 1. The van der Waals surface area contributed by atoms with Crippen molar-refractivity contribution < 1.29 is 9.53 Å². The lowest BCUT2D eigenvalue weighted by Crippen LogP contribution is -2.43. The Morgan fingerprint density at radius 3 is 2.77 bits per heavy atom. The van der Waals surface area contributed by atoms with Crippen molar-refractivity contribution in [2.24, 2.45) is 5.92 Å². The number of ketones is 1. The molecular formula is C20H26N4O2. The highest BCUT2D eigenvalue weighted by Crippen LogP contribution is 2.28. The molecule has 0 spiro atoms. The van der Waals surface area contributed by atoms with Gasteiger partial charge in [0.25, 0.3) is 0 Å². The maximum Gasteiger partial charge on any atom is 0.146 e. The normalized spacial score (nSPS) is 22.6. The van der Waals surface area contributed by atoms with Crippen LogP contribution in [-0.4, -0.2) is 51.8 Å². The standard InChI is InChI=1S/C20H26N4O2/c25-18-8-6-17(7-9-18)12-23-10-11-26-14-19(23)20-21-15-22-24(20)13-16-4-2-1-3-5-16/h1-5,15,17,19H,6-14H2. The Kier molecular flexibility index (Phi) is 5.41. The van der Waals surface area contributed by atoms with Crippen molar-refractivity contribution >= 4 is 5.78 Å². The molecule has 1 aromatic carbocycles. The first-order valence-electron chi connectivity index (χ1n) is 9.54. The van der Waals surface area contributed by atoms with Gasteiger partial charge in [-0.2, -0.15) is 5.10 Å². The van der Waals surface area contributed by atoms with E-state index < -0.39 is 0 Å². The van der Waals surface area contributed by atoms with Crippen LogP contribution in [0.2, 0.25) is 0 Å². The number of hydrogen-bond donors (Lipinski definition) is 0. The fourth-order valence-corrected chi connectivity index (χ4v) is 4.02. The van der Waals surface area contributed by atoms with E-state index in [0.717, 1.165) is 57.7 Å². The zero-order valence-corrected chi connectivity index (χ0v) is 15.1. The molecule has 0 N–H and O–H groups in total. The van der Waals surface area contributed by atoms with E-state index in [-0.39, 0.29) is 6.04 Å². The molecule has 26 heavy (non-hydrogen) atoms. The molecule has 1 atom stereocenters. The smallest absolute Gasteiger partial charge is 0.146 e. The minimum atomic E-state index is 0.132. The molecule has 2 aliphatic rings. The van der Waals surface area contributed by atoms with Crippen molar-refractivity contribution in [2.45, 2.75) is 38.3 Å². The van der Waals surface area contributed by atoms with Gasteiger partial charge in [-0.3, -0.25) is 9.69 Å². The Labute approximate surface area is 154 Å². The topological polar surface area (TPSA) is 60.3 Å². The number of benzene rings is 1. The maximum absolute atomic E-state index is 11.5. The molecule has 2 aromatic rings. The molecule has 1 aromatic heterocycles. The van der Waals surface area contributed by atoms with Crippen LogP contribution in [0.4, 0.5) is 0 Å². The fourth-order valence-electron chi connectivity index (χ4n) is 4.02. The molecule has 6 nitrogen and oxygen atoms in total. The molecule has 2 heterocycles. The van der Waals surface area contributed by atoms with Crippen LogP contribution in [0.3, 0.4) is 0 Å². The molecule has 1 aliphatic carbocycles. The largest absolute Gasteiger partial charge is 0.378 e. The highest BCUT2D eigenvalue weighted by atomic mass is 16.5. The lowest BCUT2D eigenvalue weighted by Gasteiger charge is -2.37. The SMILES string of the molecule is O=C1CCC(CN2CCOCC2c2ncnn2Cc2ccccc2)CC1. The highest BCUT2D eigenvalue weighted by Gasteiger charge is 2.31. The summed E-state index contributed by atoms with van der Waals surface area (Å²) < 4.78 is 7.76. The summed E-state index contributed by atoms with van der Waals surface area (Å²) in [6, 6.07) is 10.5. The van der Waals surface area contributed by atoms with Gasteiger partial charge in [0.15, 0.2) is 0 Å². The Hall–Kier alpha value is -2.05. The molecule has 138 valence electrons. The van der Waals surface area contributed by atoms with Gasteiger partial charge in [0.05, 0.1) is 25.8 Å². The van der Waals surface area contributed by atoms with E-state index in [1.54, 1.807) is 6.33 Å². The van der Waals surface area contributed by atoms with Crippen LogP contribution in [0.5, 0.6) is 0 Å². The Bertz CT molecular complexity index is 720. The summed E-state index contributed by atoms with van der Waals surface area (Å²) in [6.07, 6.45) is 5.15. The first-order valence-corrected chi connectivity index (χ1v) is 9.54. The van der Waals surface area contributed by atoms with Gasteiger partial charge in [-0.1, -0.05) is 30.3 Å². The zero-order valence-electron chi connectivity index (χ0n) is 15.1. The molecule has 1 saturated carbocycles. The van der Waals surface area contributed by atoms with E-state index in [1.165, 1.54) is 5.56 Å². The summed E-state index contributed by atoms with van der Waals surface area (Å²) in [6.45, 7) is 4.05. The predicted molar refractivity (Wildman–Crippen MR) is 97.7 cm³/mol. The number of aromatic nitrogens is 3. The van der Waals surface area contributed by atoms with Crippen LogP contribution in [0.15, 0.2) is 36.7 Å². The third kappa shape index (κ3) is 4.02. The van der Waals surface area contributed by atoms with Gasteiger partial charge in [0, 0.05) is 25.9 Å². The Balaban J connectivity index is 1.48. The summed E-state index contributed by atoms with van der Waals surface area (Å²) >= 11 is 0. The van der Waals surface area contributed by atoms with E-state index >= 15 is 0 Å². The number of carbonyl (C=O) groups excluding carboxylic acids is 1. The minimum Gasteiger partial charge on any atom is -0.378 e. The van der Waals surface area contributed by atoms with Gasteiger partial charge in [-0.15, -0.1) is 0 Å². The van der Waals surface area contributed by atoms with Crippen LogP contribution in [0, 0.1) is 5.92 Å². The predicted octanol–water partition coefficient (Wildman–Crippen LogP) is 2.46. The van der Waals surface area contributed by atoms with E-state index in [9.17, 15) is 4.79 Å². The van der Waals surface area contributed by atoms with Crippen LogP contribution in [-0.2, 0) is 16.1 Å². The third-order valence-corrected chi connectivity index (χ3v) is 5.51. The van der Waals surface area contributed by atoms with Crippen molar-refractivity contribution in [2.75, 3.05) is 26.3 Å². The molecule has 0 amide bonds. The second-order valence-electron chi connectivity index (χ2n) is 7.33. The quantitative estimate of drug-likeness (QED) is 0.825. The van der Waals surface area contributed by atoms with Gasteiger partial charge in [0.2, 0.25) is 0 Å². The number of rotatable bonds is 5. The number of ether oxygens (including phenoxy) is 1. The number of nitrogens with zero attached hydrogens (tertiary/aromatic N) is 4. The monoisotopic (exact) mass is 354 g/mol. The van der Waals surface area contributed by atoms with E-state index in [2.05, 4.69) is 27.1 Å². The van der Waals surface area contributed by atoms with Gasteiger partial charge in [-0.25, -0.2) is 9.67 Å². The van der Waals surface area contributed by atoms with Gasteiger partial charge in [-0.05, 0) is 24.3 Å². The summed E-state index contributed by atoms with van der Waals surface area (Å²) in [4.78, 5) is 18.6. The molecule has 0 radical (unpaired) electrons. The van der Waals surface area contributed by atoms with Crippen LogP contribution in [0.25, 0.3) is 0 Å². The number of morpholine rings is 1. The Morgan fingerprint density at radius 1 is 1.15 bits per heavy atom. The molecule has 6 heteroatoms. The average Bonchev–Trinajstić information content (AvgIpc) is 3.13. The number of Topliss-reactive ketones (excluding diaryl/α,β-unsaturated/α-hetero) is 1. The summed E-state index contributed by atoms with van der Waals surface area (Å²) in [5.74, 6) is 1.99. The summed E-state index contributed by atoms with van der Waals surface area (Å²) in [5, 5.41) is 4.46. The van der Waals surface area contributed by atoms with Crippen molar-refractivity contribution in [3.05, 3.63) is 48.0 Å².